The fourth-order valence-corrected chi connectivity index (χ4v) is 1.89. The van der Waals surface area contributed by atoms with Crippen LogP contribution in [0.15, 0.2) is 18.3 Å². The van der Waals surface area contributed by atoms with Gasteiger partial charge in [-0.2, -0.15) is 0 Å². The Labute approximate surface area is 110 Å². The molecule has 102 valence electrons. The van der Waals surface area contributed by atoms with Crippen molar-refractivity contribution < 1.29 is 4.74 Å². The van der Waals surface area contributed by atoms with Crippen molar-refractivity contribution >= 4 is 5.82 Å². The topological polar surface area (TPSA) is 51.4 Å². The first kappa shape index (κ1) is 14.8. The summed E-state index contributed by atoms with van der Waals surface area (Å²) < 4.78 is 5.64. The average Bonchev–Trinajstić information content (AvgIpc) is 2.35. The van der Waals surface area contributed by atoms with Gasteiger partial charge >= 0.3 is 0 Å². The van der Waals surface area contributed by atoms with E-state index in [0.29, 0.717) is 19.1 Å². The Kier molecular flexibility index (Phi) is 6.50. The van der Waals surface area contributed by atoms with Crippen molar-refractivity contribution in [3.8, 4) is 5.75 Å². The van der Waals surface area contributed by atoms with Crippen molar-refractivity contribution in [3.05, 3.63) is 18.3 Å². The number of ether oxygens (including phenoxy) is 1. The molecule has 0 aliphatic rings. The molecule has 0 aliphatic carbocycles. The van der Waals surface area contributed by atoms with Gasteiger partial charge in [-0.25, -0.2) is 4.98 Å². The van der Waals surface area contributed by atoms with E-state index in [0.717, 1.165) is 31.1 Å². The summed E-state index contributed by atoms with van der Waals surface area (Å²) in [7, 11) is 0. The Hall–Kier alpha value is -1.29. The lowest BCUT2D eigenvalue weighted by atomic mass is 10.2. The Morgan fingerprint density at radius 3 is 2.83 bits per heavy atom. The van der Waals surface area contributed by atoms with Gasteiger partial charge in [0.05, 0.1) is 6.61 Å². The van der Waals surface area contributed by atoms with Crippen LogP contribution >= 0.6 is 0 Å². The molecule has 18 heavy (non-hydrogen) atoms. The van der Waals surface area contributed by atoms with Crippen LogP contribution in [0.25, 0.3) is 0 Å². The molecular formula is C14H25N3O. The van der Waals surface area contributed by atoms with Crippen LogP contribution in [0.5, 0.6) is 5.75 Å². The zero-order valence-corrected chi connectivity index (χ0v) is 11.7. The first-order valence-electron chi connectivity index (χ1n) is 6.71. The highest BCUT2D eigenvalue weighted by molar-refractivity contribution is 5.52. The second-order valence-corrected chi connectivity index (χ2v) is 4.74. The molecule has 0 aliphatic heterocycles. The molecule has 0 radical (unpaired) electrons. The van der Waals surface area contributed by atoms with Gasteiger partial charge in [0.25, 0.3) is 0 Å². The summed E-state index contributed by atoms with van der Waals surface area (Å²) >= 11 is 0. The molecule has 0 bridgehead atoms. The second kappa shape index (κ2) is 7.93. The molecule has 1 rings (SSSR count). The largest absolute Gasteiger partial charge is 0.490 e. The van der Waals surface area contributed by atoms with Gasteiger partial charge < -0.3 is 15.4 Å². The lowest BCUT2D eigenvalue weighted by Crippen LogP contribution is -2.31. The maximum absolute atomic E-state index is 5.64. The van der Waals surface area contributed by atoms with Crippen LogP contribution in [0.2, 0.25) is 0 Å². The monoisotopic (exact) mass is 251 g/mol. The molecular weight excluding hydrogens is 226 g/mol. The number of anilines is 1. The molecule has 1 heterocycles. The first-order chi connectivity index (χ1) is 8.69. The number of pyridine rings is 1. The fraction of sp³-hybridized carbons (Fsp3) is 0.643. The molecule has 0 saturated carbocycles. The molecule has 0 atom stereocenters. The minimum atomic E-state index is 0.583. The van der Waals surface area contributed by atoms with Gasteiger partial charge in [0.15, 0.2) is 11.6 Å². The van der Waals surface area contributed by atoms with Gasteiger partial charge in [0.1, 0.15) is 0 Å². The van der Waals surface area contributed by atoms with E-state index >= 15 is 0 Å². The van der Waals surface area contributed by atoms with Crippen LogP contribution in [-0.4, -0.2) is 31.2 Å². The van der Waals surface area contributed by atoms with Gasteiger partial charge in [0, 0.05) is 19.3 Å². The lowest BCUT2D eigenvalue weighted by molar-refractivity contribution is 0.338. The summed E-state index contributed by atoms with van der Waals surface area (Å²) in [6.07, 6.45) is 2.78. The summed E-state index contributed by atoms with van der Waals surface area (Å²) in [4.78, 5) is 6.73. The number of nitrogens with two attached hydrogens (primary N) is 1. The van der Waals surface area contributed by atoms with Crippen LogP contribution in [-0.2, 0) is 0 Å². The van der Waals surface area contributed by atoms with Crippen molar-refractivity contribution in [2.45, 2.75) is 27.2 Å². The minimum absolute atomic E-state index is 0.583. The van der Waals surface area contributed by atoms with Crippen LogP contribution < -0.4 is 15.4 Å². The SMILES string of the molecule is CCOc1cccnc1N(CCCN)CC(C)C. The van der Waals surface area contributed by atoms with E-state index in [1.165, 1.54) is 0 Å². The minimum Gasteiger partial charge on any atom is -0.490 e. The summed E-state index contributed by atoms with van der Waals surface area (Å²) in [5, 5.41) is 0. The van der Waals surface area contributed by atoms with E-state index < -0.39 is 0 Å². The third-order valence-electron chi connectivity index (χ3n) is 2.57. The third kappa shape index (κ3) is 4.53. The number of nitrogens with zero attached hydrogens (tertiary/aromatic N) is 2. The molecule has 0 amide bonds. The third-order valence-corrected chi connectivity index (χ3v) is 2.57. The summed E-state index contributed by atoms with van der Waals surface area (Å²) in [6.45, 7) is 9.65. The highest BCUT2D eigenvalue weighted by Gasteiger charge is 2.14. The number of hydrogen-bond donors (Lipinski definition) is 1. The predicted octanol–water partition coefficient (Wildman–Crippen LogP) is 2.29. The van der Waals surface area contributed by atoms with Gasteiger partial charge in [-0.15, -0.1) is 0 Å². The summed E-state index contributed by atoms with van der Waals surface area (Å²) in [5.41, 5.74) is 5.60. The Bertz CT molecular complexity index is 342. The summed E-state index contributed by atoms with van der Waals surface area (Å²) in [6, 6.07) is 3.88. The van der Waals surface area contributed by atoms with Crippen LogP contribution in [0.1, 0.15) is 27.2 Å². The van der Waals surface area contributed by atoms with Crippen molar-refractivity contribution in [2.75, 3.05) is 31.1 Å². The molecule has 0 unspecified atom stereocenters. The van der Waals surface area contributed by atoms with E-state index in [4.69, 9.17) is 10.5 Å². The van der Waals surface area contributed by atoms with Crippen LogP contribution in [0.3, 0.4) is 0 Å². The highest BCUT2D eigenvalue weighted by atomic mass is 16.5. The molecule has 4 nitrogen and oxygen atoms in total. The van der Waals surface area contributed by atoms with Crippen molar-refractivity contribution in [3.63, 3.8) is 0 Å². The fourth-order valence-electron chi connectivity index (χ4n) is 1.89. The second-order valence-electron chi connectivity index (χ2n) is 4.74. The predicted molar refractivity (Wildman–Crippen MR) is 76.1 cm³/mol. The van der Waals surface area contributed by atoms with E-state index in [1.54, 1.807) is 0 Å². The van der Waals surface area contributed by atoms with Gasteiger partial charge in [-0.1, -0.05) is 13.8 Å². The molecule has 1 aromatic rings. The van der Waals surface area contributed by atoms with Crippen molar-refractivity contribution in [1.29, 1.82) is 0 Å². The maximum atomic E-state index is 5.64. The molecule has 0 fully saturated rings. The molecule has 4 heteroatoms. The molecule has 0 aromatic carbocycles. The number of hydrogen-bond acceptors (Lipinski definition) is 4. The summed E-state index contributed by atoms with van der Waals surface area (Å²) in [5.74, 6) is 2.37. The van der Waals surface area contributed by atoms with Crippen molar-refractivity contribution in [1.82, 2.24) is 4.98 Å². The van der Waals surface area contributed by atoms with Crippen molar-refractivity contribution in [2.24, 2.45) is 11.7 Å². The molecule has 1 aromatic heterocycles. The van der Waals surface area contributed by atoms with Crippen LogP contribution in [0.4, 0.5) is 5.82 Å². The number of rotatable bonds is 8. The zero-order valence-electron chi connectivity index (χ0n) is 11.7. The van der Waals surface area contributed by atoms with E-state index in [2.05, 4.69) is 23.7 Å². The van der Waals surface area contributed by atoms with E-state index in [1.807, 2.05) is 25.3 Å². The Morgan fingerprint density at radius 1 is 1.44 bits per heavy atom. The zero-order chi connectivity index (χ0) is 13.4. The Balaban J connectivity index is 2.88. The first-order valence-corrected chi connectivity index (χ1v) is 6.71. The van der Waals surface area contributed by atoms with E-state index in [9.17, 15) is 0 Å². The average molecular weight is 251 g/mol. The van der Waals surface area contributed by atoms with Gasteiger partial charge in [-0.3, -0.25) is 0 Å². The standard InChI is InChI=1S/C14H25N3O/c1-4-18-13-7-5-9-16-14(13)17(10-6-8-15)11-12(2)3/h5,7,9,12H,4,6,8,10-11,15H2,1-3H3. The highest BCUT2D eigenvalue weighted by Crippen LogP contribution is 2.26. The lowest BCUT2D eigenvalue weighted by Gasteiger charge is -2.27. The smallest absolute Gasteiger partial charge is 0.171 e. The van der Waals surface area contributed by atoms with E-state index in [-0.39, 0.29) is 0 Å². The number of aromatic nitrogens is 1. The van der Waals surface area contributed by atoms with Gasteiger partial charge in [0.2, 0.25) is 0 Å². The Morgan fingerprint density at radius 2 is 2.22 bits per heavy atom. The quantitative estimate of drug-likeness (QED) is 0.770. The molecule has 2 N–H and O–H groups in total. The molecule has 0 spiro atoms. The normalized spacial score (nSPS) is 10.7. The van der Waals surface area contributed by atoms with Crippen LogP contribution in [0, 0.1) is 5.92 Å². The maximum Gasteiger partial charge on any atom is 0.171 e. The van der Waals surface area contributed by atoms with Gasteiger partial charge in [-0.05, 0) is 37.9 Å². The molecule has 0 saturated heterocycles.